The fraction of sp³-hybridized carbons (Fsp3) is 0.455. The van der Waals surface area contributed by atoms with Gasteiger partial charge in [-0.3, -0.25) is 5.32 Å². The summed E-state index contributed by atoms with van der Waals surface area (Å²) in [5.74, 6) is 0.0720. The van der Waals surface area contributed by atoms with Gasteiger partial charge in [0.2, 0.25) is 0 Å². The van der Waals surface area contributed by atoms with Gasteiger partial charge in [-0.2, -0.15) is 0 Å². The van der Waals surface area contributed by atoms with E-state index < -0.39 is 11.8 Å². The predicted octanol–water partition coefficient (Wildman–Crippen LogP) is 3.35. The first-order valence-corrected chi connectivity index (χ1v) is 9.43. The summed E-state index contributed by atoms with van der Waals surface area (Å²) in [5, 5.41) is 34.3. The first kappa shape index (κ1) is 21.7. The molecular weight excluding hydrogens is 362 g/mol. The number of aliphatic hydroxyl groups excluding tert-OH is 1. The predicted molar refractivity (Wildman–Crippen MR) is 110 cm³/mol. The van der Waals surface area contributed by atoms with Gasteiger partial charge in [-0.05, 0) is 55.9 Å². The quantitative estimate of drug-likeness (QED) is 0.609. The zero-order chi connectivity index (χ0) is 18.6. The lowest BCUT2D eigenvalue weighted by Gasteiger charge is -2.43. The Morgan fingerprint density at radius 3 is 2.33 bits per heavy atom. The van der Waals surface area contributed by atoms with Gasteiger partial charge in [-0.1, -0.05) is 42.0 Å². The Morgan fingerprint density at radius 1 is 1.04 bits per heavy atom. The molecule has 3 unspecified atom stereocenters. The molecule has 1 fully saturated rings. The third kappa shape index (κ3) is 5.69. The zero-order valence-electron chi connectivity index (χ0n) is 15.8. The van der Waals surface area contributed by atoms with Crippen LogP contribution in [0.1, 0.15) is 36.0 Å². The number of hydrogen-bond donors (Lipinski definition) is 4. The summed E-state index contributed by atoms with van der Waals surface area (Å²) >= 11 is 0. The lowest BCUT2D eigenvalue weighted by molar-refractivity contribution is -0.113. The molecule has 148 valence electrons. The maximum atomic E-state index is 11.3. The maximum Gasteiger partial charge on any atom is 0.115 e. The van der Waals surface area contributed by atoms with Gasteiger partial charge < -0.3 is 15.3 Å². The normalized spacial score (nSPS) is 25.0. The first-order chi connectivity index (χ1) is 12.5. The number of piperidine rings is 1. The van der Waals surface area contributed by atoms with Crippen molar-refractivity contribution in [3.8, 4) is 5.75 Å². The number of rotatable bonds is 6. The van der Waals surface area contributed by atoms with Crippen LogP contribution in [0.5, 0.6) is 5.75 Å². The number of aryl methyl sites for hydroxylation is 2. The second kappa shape index (κ2) is 9.56. The number of hydrogen-bond acceptors (Lipinski definition) is 4. The highest BCUT2D eigenvalue weighted by molar-refractivity contribution is 5.85. The van der Waals surface area contributed by atoms with Gasteiger partial charge in [-0.15, -0.1) is 12.4 Å². The standard InChI is InChI=1S/C22H29NO3.ClH/c1-16-5-7-18(8-6-16)15-22(26)13-14-23-21(25)20(22)4-2-3-17-9-11-19(24)12-10-17;/h5-12,20-21,23-26H,2-4,13-15H2,1H3;1H. The van der Waals surface area contributed by atoms with Crippen LogP contribution in [0.4, 0.5) is 0 Å². The molecule has 0 radical (unpaired) electrons. The van der Waals surface area contributed by atoms with Gasteiger partial charge in [0.15, 0.2) is 0 Å². The van der Waals surface area contributed by atoms with Crippen molar-refractivity contribution in [1.29, 1.82) is 0 Å². The molecule has 2 aromatic carbocycles. The largest absolute Gasteiger partial charge is 0.508 e. The van der Waals surface area contributed by atoms with E-state index in [2.05, 4.69) is 36.5 Å². The highest BCUT2D eigenvalue weighted by Gasteiger charge is 2.43. The van der Waals surface area contributed by atoms with E-state index in [1.54, 1.807) is 12.1 Å². The minimum absolute atomic E-state index is 0. The van der Waals surface area contributed by atoms with Crippen molar-refractivity contribution in [2.75, 3.05) is 6.54 Å². The molecule has 0 saturated carbocycles. The molecule has 27 heavy (non-hydrogen) atoms. The molecule has 0 aromatic heterocycles. The van der Waals surface area contributed by atoms with Crippen LogP contribution in [0.25, 0.3) is 0 Å². The van der Waals surface area contributed by atoms with Crippen LogP contribution in [0.15, 0.2) is 48.5 Å². The van der Waals surface area contributed by atoms with Gasteiger partial charge in [0, 0.05) is 18.9 Å². The summed E-state index contributed by atoms with van der Waals surface area (Å²) in [5.41, 5.74) is 2.57. The second-order valence-corrected chi connectivity index (χ2v) is 7.58. The van der Waals surface area contributed by atoms with E-state index in [4.69, 9.17) is 0 Å². The molecule has 0 amide bonds. The Labute approximate surface area is 167 Å². The first-order valence-electron chi connectivity index (χ1n) is 9.43. The van der Waals surface area contributed by atoms with E-state index >= 15 is 0 Å². The van der Waals surface area contributed by atoms with Gasteiger partial charge in [-0.25, -0.2) is 0 Å². The minimum Gasteiger partial charge on any atom is -0.508 e. The Hall–Kier alpha value is -1.59. The van der Waals surface area contributed by atoms with E-state index in [1.165, 1.54) is 5.56 Å². The molecular formula is C22H30ClNO3. The molecule has 5 heteroatoms. The molecule has 0 aliphatic carbocycles. The topological polar surface area (TPSA) is 72.7 Å². The molecule has 1 heterocycles. The molecule has 4 nitrogen and oxygen atoms in total. The van der Waals surface area contributed by atoms with Crippen molar-refractivity contribution in [3.63, 3.8) is 0 Å². The molecule has 2 aromatic rings. The smallest absolute Gasteiger partial charge is 0.115 e. The van der Waals surface area contributed by atoms with E-state index in [0.717, 1.165) is 30.4 Å². The SMILES string of the molecule is Cc1ccc(CC2(O)CCNC(O)C2CCCc2ccc(O)cc2)cc1.Cl. The number of phenolic OH excluding ortho intramolecular Hbond substituents is 1. The summed E-state index contributed by atoms with van der Waals surface area (Å²) in [4.78, 5) is 0. The van der Waals surface area contributed by atoms with Crippen molar-refractivity contribution in [1.82, 2.24) is 5.32 Å². The third-order valence-electron chi connectivity index (χ3n) is 5.53. The Morgan fingerprint density at radius 2 is 1.67 bits per heavy atom. The van der Waals surface area contributed by atoms with E-state index in [-0.39, 0.29) is 24.1 Å². The van der Waals surface area contributed by atoms with E-state index in [1.807, 2.05) is 12.1 Å². The van der Waals surface area contributed by atoms with Crippen molar-refractivity contribution in [3.05, 3.63) is 65.2 Å². The number of nitrogens with one attached hydrogen (secondary N) is 1. The van der Waals surface area contributed by atoms with Crippen LogP contribution >= 0.6 is 12.4 Å². The highest BCUT2D eigenvalue weighted by Crippen LogP contribution is 2.34. The van der Waals surface area contributed by atoms with E-state index in [9.17, 15) is 15.3 Å². The van der Waals surface area contributed by atoms with Crippen molar-refractivity contribution >= 4 is 12.4 Å². The molecule has 3 rings (SSSR count). The molecule has 1 aliphatic heterocycles. The Balaban J connectivity index is 0.00000261. The number of halogens is 1. The molecule has 1 saturated heterocycles. The lowest BCUT2D eigenvalue weighted by atomic mass is 9.74. The van der Waals surface area contributed by atoms with Gasteiger partial charge in [0.05, 0.1) is 5.60 Å². The maximum absolute atomic E-state index is 11.3. The summed E-state index contributed by atoms with van der Waals surface area (Å²) < 4.78 is 0. The average molecular weight is 392 g/mol. The monoisotopic (exact) mass is 391 g/mol. The van der Waals surface area contributed by atoms with Crippen molar-refractivity contribution < 1.29 is 15.3 Å². The highest BCUT2D eigenvalue weighted by atomic mass is 35.5. The molecule has 1 aliphatic rings. The molecule has 0 spiro atoms. The van der Waals surface area contributed by atoms with Crippen LogP contribution in [-0.2, 0) is 12.8 Å². The fourth-order valence-corrected chi connectivity index (χ4v) is 3.95. The number of phenols is 1. The fourth-order valence-electron chi connectivity index (χ4n) is 3.95. The van der Waals surface area contributed by atoms with Crippen LogP contribution in [0.3, 0.4) is 0 Å². The van der Waals surface area contributed by atoms with Gasteiger partial charge in [0.1, 0.15) is 12.0 Å². The van der Waals surface area contributed by atoms with Crippen LogP contribution in [0, 0.1) is 12.8 Å². The van der Waals surface area contributed by atoms with Gasteiger partial charge >= 0.3 is 0 Å². The van der Waals surface area contributed by atoms with Crippen molar-refractivity contribution in [2.45, 2.75) is 50.9 Å². The van der Waals surface area contributed by atoms with E-state index in [0.29, 0.717) is 19.4 Å². The summed E-state index contributed by atoms with van der Waals surface area (Å²) in [6, 6.07) is 15.5. The number of benzene rings is 2. The average Bonchev–Trinajstić information content (AvgIpc) is 2.61. The lowest BCUT2D eigenvalue weighted by Crippen LogP contribution is -2.57. The van der Waals surface area contributed by atoms with Crippen LogP contribution in [0.2, 0.25) is 0 Å². The van der Waals surface area contributed by atoms with Crippen LogP contribution in [-0.4, -0.2) is 33.7 Å². The van der Waals surface area contributed by atoms with Crippen LogP contribution < -0.4 is 5.32 Å². The summed E-state index contributed by atoms with van der Waals surface area (Å²) in [7, 11) is 0. The Kier molecular flexibility index (Phi) is 7.68. The second-order valence-electron chi connectivity index (χ2n) is 7.58. The number of aliphatic hydroxyl groups is 2. The third-order valence-corrected chi connectivity index (χ3v) is 5.53. The Bertz CT molecular complexity index is 705. The molecule has 4 N–H and O–H groups in total. The summed E-state index contributed by atoms with van der Waals surface area (Å²) in [6.07, 6.45) is 3.02. The zero-order valence-corrected chi connectivity index (χ0v) is 16.6. The molecule has 0 bridgehead atoms. The van der Waals surface area contributed by atoms with Crippen molar-refractivity contribution in [2.24, 2.45) is 5.92 Å². The van der Waals surface area contributed by atoms with Gasteiger partial charge in [0.25, 0.3) is 0 Å². The number of aromatic hydroxyl groups is 1. The molecule has 3 atom stereocenters. The summed E-state index contributed by atoms with van der Waals surface area (Å²) in [6.45, 7) is 2.68. The minimum atomic E-state index is -0.894.